The molecule has 0 aliphatic carbocycles. The Bertz CT molecular complexity index is 322. The van der Waals surface area contributed by atoms with Crippen LogP contribution in [0.1, 0.15) is 18.9 Å². The lowest BCUT2D eigenvalue weighted by molar-refractivity contribution is 0.582. The number of rotatable bonds is 7. The highest BCUT2D eigenvalue weighted by Gasteiger charge is 2.05. The van der Waals surface area contributed by atoms with Crippen LogP contribution >= 0.6 is 11.8 Å². The van der Waals surface area contributed by atoms with Gasteiger partial charge in [0, 0.05) is 16.7 Å². The largest absolute Gasteiger partial charge is 0.313 e. The van der Waals surface area contributed by atoms with Gasteiger partial charge >= 0.3 is 0 Å². The first-order valence-electron chi connectivity index (χ1n) is 5.80. The van der Waals surface area contributed by atoms with Gasteiger partial charge in [-0.3, -0.25) is 0 Å². The molecule has 88 valence electrons. The topological polar surface area (TPSA) is 12.0 Å². The van der Waals surface area contributed by atoms with Crippen LogP contribution in [0.4, 0.5) is 0 Å². The summed E-state index contributed by atoms with van der Waals surface area (Å²) in [6.07, 6.45) is 3.02. The van der Waals surface area contributed by atoms with Gasteiger partial charge < -0.3 is 5.32 Å². The van der Waals surface area contributed by atoms with E-state index in [1.165, 1.54) is 10.5 Å². The fraction of sp³-hybridized carbons (Fsp3) is 0.429. The average Bonchev–Trinajstić information content (AvgIpc) is 2.27. The molecule has 0 bridgehead atoms. The molecule has 1 unspecified atom stereocenters. The summed E-state index contributed by atoms with van der Waals surface area (Å²) in [5.41, 5.74) is 1.33. The molecule has 1 N–H and O–H groups in total. The first-order chi connectivity index (χ1) is 7.76. The maximum Gasteiger partial charge on any atom is 0.0195 e. The van der Waals surface area contributed by atoms with Crippen molar-refractivity contribution in [3.05, 3.63) is 42.5 Å². The molecule has 0 saturated carbocycles. The highest BCUT2D eigenvalue weighted by Crippen LogP contribution is 2.20. The number of hydrogen-bond acceptors (Lipinski definition) is 2. The van der Waals surface area contributed by atoms with Crippen LogP contribution in [0.3, 0.4) is 0 Å². The van der Waals surface area contributed by atoms with Gasteiger partial charge in [0.15, 0.2) is 0 Å². The lowest BCUT2D eigenvalue weighted by Crippen LogP contribution is -2.30. The first-order valence-corrected chi connectivity index (χ1v) is 6.78. The second kappa shape index (κ2) is 7.53. The zero-order valence-electron chi connectivity index (χ0n) is 10.2. The normalized spacial score (nSPS) is 12.4. The van der Waals surface area contributed by atoms with Gasteiger partial charge in [-0.1, -0.05) is 30.7 Å². The summed E-state index contributed by atoms with van der Waals surface area (Å²) in [6, 6.07) is 9.20. The molecule has 1 nitrogen and oxygen atoms in total. The molecule has 1 aromatic carbocycles. The Morgan fingerprint density at radius 2 is 2.31 bits per heavy atom. The van der Waals surface area contributed by atoms with E-state index in [1.807, 2.05) is 17.8 Å². The highest BCUT2D eigenvalue weighted by atomic mass is 32.2. The number of nitrogens with one attached hydrogen (secondary N) is 1. The molecule has 1 aromatic rings. The van der Waals surface area contributed by atoms with Crippen LogP contribution in [0.2, 0.25) is 0 Å². The van der Waals surface area contributed by atoms with Gasteiger partial charge in [0.1, 0.15) is 0 Å². The minimum absolute atomic E-state index is 0.535. The maximum absolute atomic E-state index is 3.80. The summed E-state index contributed by atoms with van der Waals surface area (Å²) in [7, 11) is 0. The Hall–Kier alpha value is -0.730. The van der Waals surface area contributed by atoms with Crippen molar-refractivity contribution in [2.45, 2.75) is 31.2 Å². The zero-order chi connectivity index (χ0) is 11.8. The molecule has 0 heterocycles. The fourth-order valence-electron chi connectivity index (χ4n) is 1.60. The van der Waals surface area contributed by atoms with Crippen molar-refractivity contribution >= 4 is 11.8 Å². The van der Waals surface area contributed by atoms with Crippen molar-refractivity contribution in [1.29, 1.82) is 0 Å². The Morgan fingerprint density at radius 3 is 2.94 bits per heavy atom. The predicted molar refractivity (Wildman–Crippen MR) is 74.2 cm³/mol. The third-order valence-corrected chi connectivity index (χ3v) is 3.54. The van der Waals surface area contributed by atoms with E-state index in [2.05, 4.69) is 50.0 Å². The fourth-order valence-corrected chi connectivity index (χ4v) is 2.69. The van der Waals surface area contributed by atoms with Crippen molar-refractivity contribution in [2.24, 2.45) is 0 Å². The van der Waals surface area contributed by atoms with Gasteiger partial charge in [0.25, 0.3) is 0 Å². The summed E-state index contributed by atoms with van der Waals surface area (Å²) >= 11 is 1.91. The minimum Gasteiger partial charge on any atom is -0.313 e. The standard InChI is InChI=1S/C14H21NS/c1-4-7-13(15-5-2)11-16-14-9-6-8-12(3)10-14/h4,6,8-10,13,15H,1,5,7,11H2,2-3H3. The molecule has 0 amide bonds. The molecule has 0 radical (unpaired) electrons. The van der Waals surface area contributed by atoms with E-state index < -0.39 is 0 Å². The summed E-state index contributed by atoms with van der Waals surface area (Å²) < 4.78 is 0. The molecular formula is C14H21NS. The van der Waals surface area contributed by atoms with Crippen LogP contribution in [0, 0.1) is 6.92 Å². The molecule has 16 heavy (non-hydrogen) atoms. The second-order valence-corrected chi connectivity index (χ2v) is 5.00. The Kier molecular flexibility index (Phi) is 6.27. The summed E-state index contributed by atoms with van der Waals surface area (Å²) in [5.74, 6) is 1.10. The molecule has 0 aliphatic heterocycles. The van der Waals surface area contributed by atoms with Gasteiger partial charge in [0.2, 0.25) is 0 Å². The van der Waals surface area contributed by atoms with Crippen molar-refractivity contribution in [2.75, 3.05) is 12.3 Å². The SMILES string of the molecule is C=CCC(CSc1cccc(C)c1)NCC. The number of hydrogen-bond donors (Lipinski definition) is 1. The van der Waals surface area contributed by atoms with Gasteiger partial charge in [-0.2, -0.15) is 0 Å². The van der Waals surface area contributed by atoms with E-state index in [9.17, 15) is 0 Å². The number of aryl methyl sites for hydroxylation is 1. The zero-order valence-corrected chi connectivity index (χ0v) is 11.0. The molecule has 0 spiro atoms. The van der Waals surface area contributed by atoms with Crippen molar-refractivity contribution in [1.82, 2.24) is 5.32 Å². The minimum atomic E-state index is 0.535. The summed E-state index contributed by atoms with van der Waals surface area (Å²) in [6.45, 7) is 9.10. The van der Waals surface area contributed by atoms with Gasteiger partial charge in [-0.05, 0) is 32.0 Å². The van der Waals surface area contributed by atoms with Crippen LogP contribution in [0.5, 0.6) is 0 Å². The number of thioether (sulfide) groups is 1. The average molecular weight is 235 g/mol. The van der Waals surface area contributed by atoms with Crippen LogP contribution < -0.4 is 5.32 Å². The van der Waals surface area contributed by atoms with Crippen LogP contribution in [0.25, 0.3) is 0 Å². The molecule has 0 aliphatic rings. The molecule has 0 fully saturated rings. The maximum atomic E-state index is 3.80. The van der Waals surface area contributed by atoms with Gasteiger partial charge in [0.05, 0.1) is 0 Å². The van der Waals surface area contributed by atoms with Gasteiger partial charge in [-0.25, -0.2) is 0 Å². The quantitative estimate of drug-likeness (QED) is 0.572. The van der Waals surface area contributed by atoms with E-state index >= 15 is 0 Å². The highest BCUT2D eigenvalue weighted by molar-refractivity contribution is 7.99. The summed E-state index contributed by atoms with van der Waals surface area (Å²) in [5, 5.41) is 3.48. The lowest BCUT2D eigenvalue weighted by atomic mass is 10.2. The van der Waals surface area contributed by atoms with Crippen LogP contribution in [-0.2, 0) is 0 Å². The Labute approximate surface area is 103 Å². The smallest absolute Gasteiger partial charge is 0.0195 e. The number of benzene rings is 1. The Balaban J connectivity index is 2.44. The molecule has 1 rings (SSSR count). The predicted octanol–water partition coefficient (Wildman–Crippen LogP) is 3.64. The van der Waals surface area contributed by atoms with Crippen molar-refractivity contribution in [3.63, 3.8) is 0 Å². The second-order valence-electron chi connectivity index (χ2n) is 3.91. The molecule has 0 saturated heterocycles. The molecule has 1 atom stereocenters. The third kappa shape index (κ3) is 4.86. The van der Waals surface area contributed by atoms with E-state index in [0.29, 0.717) is 6.04 Å². The Morgan fingerprint density at radius 1 is 1.50 bits per heavy atom. The third-order valence-electron chi connectivity index (χ3n) is 2.38. The van der Waals surface area contributed by atoms with E-state index in [1.54, 1.807) is 0 Å². The van der Waals surface area contributed by atoms with Crippen molar-refractivity contribution in [3.8, 4) is 0 Å². The lowest BCUT2D eigenvalue weighted by Gasteiger charge is -2.15. The van der Waals surface area contributed by atoms with E-state index in [0.717, 1.165) is 18.7 Å². The van der Waals surface area contributed by atoms with Crippen LogP contribution in [-0.4, -0.2) is 18.3 Å². The van der Waals surface area contributed by atoms with Crippen molar-refractivity contribution < 1.29 is 0 Å². The first kappa shape index (κ1) is 13.3. The van der Waals surface area contributed by atoms with Gasteiger partial charge in [-0.15, -0.1) is 18.3 Å². The molecule has 0 aromatic heterocycles. The summed E-state index contributed by atoms with van der Waals surface area (Å²) in [4.78, 5) is 1.35. The monoisotopic (exact) mass is 235 g/mol. The van der Waals surface area contributed by atoms with Crippen LogP contribution in [0.15, 0.2) is 41.8 Å². The molecular weight excluding hydrogens is 214 g/mol. The van der Waals surface area contributed by atoms with E-state index in [4.69, 9.17) is 0 Å². The molecule has 2 heteroatoms. The van der Waals surface area contributed by atoms with E-state index in [-0.39, 0.29) is 0 Å².